The lowest BCUT2D eigenvalue weighted by Crippen LogP contribution is -2.23. The molecule has 3 heterocycles. The van der Waals surface area contributed by atoms with Crippen molar-refractivity contribution in [2.75, 3.05) is 11.9 Å². The highest BCUT2D eigenvalue weighted by molar-refractivity contribution is 5.46. The number of hydrogen-bond donors (Lipinski definition) is 2. The Labute approximate surface area is 83.5 Å². The molecule has 0 radical (unpaired) electrons. The van der Waals surface area contributed by atoms with Gasteiger partial charge in [-0.25, -0.2) is 4.98 Å². The zero-order valence-corrected chi connectivity index (χ0v) is 8.29. The monoisotopic (exact) mass is 192 g/mol. The Bertz CT molecular complexity index is 355. The van der Waals surface area contributed by atoms with Crippen LogP contribution in [0.4, 0.5) is 5.82 Å². The molecule has 76 valence electrons. The van der Waals surface area contributed by atoms with E-state index in [2.05, 4.69) is 14.9 Å². The summed E-state index contributed by atoms with van der Waals surface area (Å²) in [6, 6.07) is 0.149. The molecule has 0 spiro atoms. The molecule has 3 rings (SSSR count). The highest BCUT2D eigenvalue weighted by atomic mass is 15.2. The van der Waals surface area contributed by atoms with Gasteiger partial charge in [0, 0.05) is 13.1 Å². The molecule has 0 saturated heterocycles. The molecule has 0 fully saturated rings. The summed E-state index contributed by atoms with van der Waals surface area (Å²) < 4.78 is 2.28. The van der Waals surface area contributed by atoms with Crippen LogP contribution in [-0.2, 0) is 13.0 Å². The maximum atomic E-state index is 6.05. The molecule has 0 saturated carbocycles. The van der Waals surface area contributed by atoms with Gasteiger partial charge >= 0.3 is 0 Å². The molecule has 1 atom stereocenters. The lowest BCUT2D eigenvalue weighted by molar-refractivity contribution is 0.454. The Hall–Kier alpha value is -1.03. The van der Waals surface area contributed by atoms with Crippen LogP contribution in [0.5, 0.6) is 0 Å². The Morgan fingerprint density at radius 1 is 1.43 bits per heavy atom. The third-order valence-corrected chi connectivity index (χ3v) is 3.18. The number of aromatic nitrogens is 2. The van der Waals surface area contributed by atoms with E-state index in [0.29, 0.717) is 0 Å². The summed E-state index contributed by atoms with van der Waals surface area (Å²) in [6.45, 7) is 2.16. The van der Waals surface area contributed by atoms with Gasteiger partial charge in [0.2, 0.25) is 0 Å². The molecular formula is C10H16N4. The molecule has 4 nitrogen and oxygen atoms in total. The standard InChI is InChI=1S/C10H16N4/c11-7-3-2-6-14-9(7)13-8-4-1-5-12-10(8)14/h7,12H,1-6,11H2. The van der Waals surface area contributed by atoms with Crippen LogP contribution >= 0.6 is 0 Å². The molecule has 3 N–H and O–H groups in total. The fraction of sp³-hybridized carbons (Fsp3) is 0.700. The summed E-state index contributed by atoms with van der Waals surface area (Å²) >= 11 is 0. The van der Waals surface area contributed by atoms with Crippen molar-refractivity contribution in [3.63, 3.8) is 0 Å². The maximum absolute atomic E-state index is 6.05. The molecule has 1 aromatic rings. The second-order valence-electron chi connectivity index (χ2n) is 4.20. The number of nitrogens with one attached hydrogen (secondary N) is 1. The number of imidazole rings is 1. The Morgan fingerprint density at radius 3 is 3.29 bits per heavy atom. The van der Waals surface area contributed by atoms with Gasteiger partial charge in [-0.1, -0.05) is 0 Å². The number of rotatable bonds is 0. The van der Waals surface area contributed by atoms with E-state index in [1.807, 2.05) is 0 Å². The van der Waals surface area contributed by atoms with Gasteiger partial charge < -0.3 is 15.6 Å². The van der Waals surface area contributed by atoms with Gasteiger partial charge in [0.05, 0.1) is 11.7 Å². The molecule has 4 heteroatoms. The first kappa shape index (κ1) is 8.29. The maximum Gasteiger partial charge on any atom is 0.129 e. The number of aryl methyl sites for hydroxylation is 1. The van der Waals surface area contributed by atoms with E-state index in [-0.39, 0.29) is 6.04 Å². The van der Waals surface area contributed by atoms with Crippen molar-refractivity contribution < 1.29 is 0 Å². The Morgan fingerprint density at radius 2 is 2.36 bits per heavy atom. The molecule has 0 amide bonds. The Kier molecular flexibility index (Phi) is 1.77. The van der Waals surface area contributed by atoms with Crippen LogP contribution in [0.2, 0.25) is 0 Å². The summed E-state index contributed by atoms with van der Waals surface area (Å²) in [5.74, 6) is 2.33. The second kappa shape index (κ2) is 2.98. The predicted molar refractivity (Wildman–Crippen MR) is 55.2 cm³/mol. The minimum atomic E-state index is 0.149. The van der Waals surface area contributed by atoms with Crippen LogP contribution in [0.15, 0.2) is 0 Å². The first-order chi connectivity index (χ1) is 6.86. The van der Waals surface area contributed by atoms with Crippen molar-refractivity contribution in [1.82, 2.24) is 9.55 Å². The molecule has 0 bridgehead atoms. The van der Waals surface area contributed by atoms with Crippen molar-refractivity contribution in [3.05, 3.63) is 11.5 Å². The number of fused-ring (bicyclic) bond motifs is 3. The van der Waals surface area contributed by atoms with E-state index in [4.69, 9.17) is 5.73 Å². The summed E-state index contributed by atoms with van der Waals surface area (Å²) in [7, 11) is 0. The van der Waals surface area contributed by atoms with Crippen LogP contribution in [-0.4, -0.2) is 16.1 Å². The molecule has 0 aliphatic carbocycles. The number of nitrogens with zero attached hydrogens (tertiary/aromatic N) is 2. The van der Waals surface area contributed by atoms with Gasteiger partial charge in [0.15, 0.2) is 0 Å². The molecule has 2 aliphatic heterocycles. The summed E-state index contributed by atoms with van der Waals surface area (Å²) in [5.41, 5.74) is 7.27. The number of hydrogen-bond acceptors (Lipinski definition) is 3. The molecule has 1 aromatic heterocycles. The van der Waals surface area contributed by atoms with E-state index in [1.54, 1.807) is 0 Å². The minimum absolute atomic E-state index is 0.149. The van der Waals surface area contributed by atoms with Crippen molar-refractivity contribution in [2.24, 2.45) is 5.73 Å². The zero-order valence-electron chi connectivity index (χ0n) is 8.29. The van der Waals surface area contributed by atoms with E-state index < -0.39 is 0 Å². The van der Waals surface area contributed by atoms with E-state index >= 15 is 0 Å². The highest BCUT2D eigenvalue weighted by Crippen LogP contribution is 2.30. The second-order valence-corrected chi connectivity index (χ2v) is 4.20. The molecule has 1 unspecified atom stereocenters. The number of anilines is 1. The fourth-order valence-corrected chi connectivity index (χ4v) is 2.46. The van der Waals surface area contributed by atoms with Crippen molar-refractivity contribution >= 4 is 5.82 Å². The molecule has 2 aliphatic rings. The SMILES string of the molecule is NC1CCCn2c1nc1c2NCCC1. The fourth-order valence-electron chi connectivity index (χ4n) is 2.46. The normalized spacial score (nSPS) is 25.1. The quantitative estimate of drug-likeness (QED) is 0.645. The van der Waals surface area contributed by atoms with E-state index in [9.17, 15) is 0 Å². The van der Waals surface area contributed by atoms with Crippen LogP contribution in [0, 0.1) is 0 Å². The summed E-state index contributed by atoms with van der Waals surface area (Å²) in [6.07, 6.45) is 4.56. The smallest absolute Gasteiger partial charge is 0.129 e. The predicted octanol–water partition coefficient (Wildman–Crippen LogP) is 1.03. The molecule has 0 aromatic carbocycles. The van der Waals surface area contributed by atoms with Gasteiger partial charge in [-0.3, -0.25) is 0 Å². The lowest BCUT2D eigenvalue weighted by Gasteiger charge is -2.22. The zero-order chi connectivity index (χ0) is 9.54. The average Bonchev–Trinajstić information content (AvgIpc) is 2.59. The first-order valence-electron chi connectivity index (χ1n) is 5.45. The van der Waals surface area contributed by atoms with Crippen LogP contribution in [0.1, 0.15) is 36.8 Å². The van der Waals surface area contributed by atoms with Crippen molar-refractivity contribution in [2.45, 2.75) is 38.3 Å². The number of nitrogens with two attached hydrogens (primary N) is 1. The third-order valence-electron chi connectivity index (χ3n) is 3.18. The van der Waals surface area contributed by atoms with Gasteiger partial charge in [0.25, 0.3) is 0 Å². The van der Waals surface area contributed by atoms with Crippen LogP contribution < -0.4 is 11.1 Å². The average molecular weight is 192 g/mol. The van der Waals surface area contributed by atoms with Gasteiger partial charge in [-0.15, -0.1) is 0 Å². The van der Waals surface area contributed by atoms with Gasteiger partial charge in [0.1, 0.15) is 11.6 Å². The van der Waals surface area contributed by atoms with E-state index in [1.165, 1.54) is 24.4 Å². The van der Waals surface area contributed by atoms with Crippen LogP contribution in [0.3, 0.4) is 0 Å². The topological polar surface area (TPSA) is 55.9 Å². The molecule has 14 heavy (non-hydrogen) atoms. The molecular weight excluding hydrogens is 176 g/mol. The van der Waals surface area contributed by atoms with Crippen LogP contribution in [0.25, 0.3) is 0 Å². The van der Waals surface area contributed by atoms with E-state index in [0.717, 1.165) is 31.8 Å². The summed E-state index contributed by atoms with van der Waals surface area (Å²) in [5, 5.41) is 3.44. The third kappa shape index (κ3) is 1.07. The van der Waals surface area contributed by atoms with Gasteiger partial charge in [-0.2, -0.15) is 0 Å². The highest BCUT2D eigenvalue weighted by Gasteiger charge is 2.25. The largest absolute Gasteiger partial charge is 0.370 e. The lowest BCUT2D eigenvalue weighted by atomic mass is 10.1. The summed E-state index contributed by atoms with van der Waals surface area (Å²) in [4.78, 5) is 4.65. The van der Waals surface area contributed by atoms with Crippen molar-refractivity contribution in [3.8, 4) is 0 Å². The van der Waals surface area contributed by atoms with Crippen molar-refractivity contribution in [1.29, 1.82) is 0 Å². The first-order valence-corrected chi connectivity index (χ1v) is 5.45. The Balaban J connectivity index is 2.10. The van der Waals surface area contributed by atoms with Gasteiger partial charge in [-0.05, 0) is 25.7 Å². The minimum Gasteiger partial charge on any atom is -0.370 e.